The van der Waals surface area contributed by atoms with E-state index in [4.69, 9.17) is 5.26 Å². The van der Waals surface area contributed by atoms with Crippen molar-refractivity contribution in [3.05, 3.63) is 35.1 Å². The summed E-state index contributed by atoms with van der Waals surface area (Å²) in [4.78, 5) is 18.1. The van der Waals surface area contributed by atoms with Crippen LogP contribution < -0.4 is 10.6 Å². The zero-order valence-corrected chi connectivity index (χ0v) is 18.3. The molecule has 1 amide bonds. The van der Waals surface area contributed by atoms with Crippen LogP contribution in [-0.4, -0.2) is 42.9 Å². The molecule has 1 fully saturated rings. The fraction of sp³-hybridized carbons (Fsp3) is 0.526. The number of halogens is 2. The quantitative estimate of drug-likeness (QED) is 0.389. The van der Waals surface area contributed by atoms with Gasteiger partial charge in [0.05, 0.1) is 11.6 Å². The van der Waals surface area contributed by atoms with E-state index < -0.39 is 0 Å². The van der Waals surface area contributed by atoms with Gasteiger partial charge in [0.1, 0.15) is 5.82 Å². The largest absolute Gasteiger partial charge is 0.354 e. The minimum Gasteiger partial charge on any atom is -0.354 e. The van der Waals surface area contributed by atoms with Crippen LogP contribution in [0.15, 0.2) is 23.2 Å². The minimum absolute atomic E-state index is 0. The van der Waals surface area contributed by atoms with E-state index in [1.54, 1.807) is 7.05 Å². The number of carbonyl (C=O) groups excluding carboxylic acids is 1. The Balaban J connectivity index is 0.00000364. The summed E-state index contributed by atoms with van der Waals surface area (Å²) >= 11 is 0. The number of likely N-dealkylation sites (tertiary alicyclic amines) is 1. The summed E-state index contributed by atoms with van der Waals surface area (Å²) in [6.45, 7) is 5.53. The SMILES string of the molecule is CN=C(NCc1cc(C#N)ccc1F)NC1CCN(C(=O)C(C)C)CC1.I. The zero-order chi connectivity index (χ0) is 19.1. The molecule has 0 saturated carbocycles. The van der Waals surface area contributed by atoms with E-state index in [2.05, 4.69) is 15.6 Å². The van der Waals surface area contributed by atoms with Gasteiger partial charge < -0.3 is 15.5 Å². The molecule has 148 valence electrons. The average molecular weight is 487 g/mol. The summed E-state index contributed by atoms with van der Waals surface area (Å²) in [6.07, 6.45) is 1.69. The number of carbonyl (C=O) groups is 1. The third kappa shape index (κ3) is 6.65. The fourth-order valence-corrected chi connectivity index (χ4v) is 2.96. The van der Waals surface area contributed by atoms with Crippen LogP contribution in [-0.2, 0) is 11.3 Å². The number of rotatable bonds is 4. The number of amides is 1. The van der Waals surface area contributed by atoms with Crippen molar-refractivity contribution in [3.8, 4) is 6.07 Å². The first-order chi connectivity index (χ1) is 12.4. The first-order valence-electron chi connectivity index (χ1n) is 8.89. The topological polar surface area (TPSA) is 80.5 Å². The Labute approximate surface area is 177 Å². The van der Waals surface area contributed by atoms with Crippen molar-refractivity contribution >= 4 is 35.8 Å². The molecular formula is C19H27FIN5O. The van der Waals surface area contributed by atoms with E-state index >= 15 is 0 Å². The first kappa shape index (κ1) is 23.1. The fourth-order valence-electron chi connectivity index (χ4n) is 2.96. The monoisotopic (exact) mass is 487 g/mol. The van der Waals surface area contributed by atoms with Crippen molar-refractivity contribution in [1.82, 2.24) is 15.5 Å². The van der Waals surface area contributed by atoms with Gasteiger partial charge in [0.25, 0.3) is 0 Å². The van der Waals surface area contributed by atoms with Gasteiger partial charge in [-0.3, -0.25) is 9.79 Å². The van der Waals surface area contributed by atoms with Crippen molar-refractivity contribution in [3.63, 3.8) is 0 Å². The third-order valence-electron chi connectivity index (χ3n) is 4.49. The number of piperidine rings is 1. The van der Waals surface area contributed by atoms with Crippen LogP contribution in [0, 0.1) is 23.1 Å². The molecule has 6 nitrogen and oxygen atoms in total. The number of nitrogens with zero attached hydrogens (tertiary/aromatic N) is 3. The number of benzene rings is 1. The molecule has 0 aliphatic carbocycles. The predicted molar refractivity (Wildman–Crippen MR) is 114 cm³/mol. The number of guanidine groups is 1. The molecule has 1 aromatic rings. The van der Waals surface area contributed by atoms with Crippen molar-refractivity contribution in [2.45, 2.75) is 39.3 Å². The normalized spacial score (nSPS) is 15.1. The summed E-state index contributed by atoms with van der Waals surface area (Å²) < 4.78 is 13.9. The van der Waals surface area contributed by atoms with Gasteiger partial charge in [0.2, 0.25) is 5.91 Å². The number of hydrogen-bond donors (Lipinski definition) is 2. The molecular weight excluding hydrogens is 460 g/mol. The lowest BCUT2D eigenvalue weighted by Crippen LogP contribution is -2.50. The molecule has 0 unspecified atom stereocenters. The molecule has 2 rings (SSSR count). The molecule has 27 heavy (non-hydrogen) atoms. The van der Waals surface area contributed by atoms with Gasteiger partial charge in [-0.1, -0.05) is 13.8 Å². The van der Waals surface area contributed by atoms with Crippen molar-refractivity contribution in [2.24, 2.45) is 10.9 Å². The Morgan fingerprint density at radius 3 is 2.63 bits per heavy atom. The highest BCUT2D eigenvalue weighted by atomic mass is 127. The van der Waals surface area contributed by atoms with Gasteiger partial charge in [0.15, 0.2) is 5.96 Å². The van der Waals surface area contributed by atoms with Crippen LogP contribution in [0.3, 0.4) is 0 Å². The summed E-state index contributed by atoms with van der Waals surface area (Å²) in [5.74, 6) is 0.444. The van der Waals surface area contributed by atoms with E-state index in [-0.39, 0.29) is 54.2 Å². The van der Waals surface area contributed by atoms with Crippen LogP contribution in [0.25, 0.3) is 0 Å². The van der Waals surface area contributed by atoms with E-state index in [1.807, 2.05) is 24.8 Å². The molecule has 0 spiro atoms. The highest BCUT2D eigenvalue weighted by Gasteiger charge is 2.24. The van der Waals surface area contributed by atoms with E-state index in [0.717, 1.165) is 25.9 Å². The Morgan fingerprint density at radius 1 is 1.41 bits per heavy atom. The maximum atomic E-state index is 13.9. The second kappa shape index (κ2) is 11.1. The van der Waals surface area contributed by atoms with E-state index in [1.165, 1.54) is 18.2 Å². The Hall–Kier alpha value is -1.89. The maximum Gasteiger partial charge on any atom is 0.225 e. The summed E-state index contributed by atoms with van der Waals surface area (Å²) in [5.41, 5.74) is 0.845. The molecule has 0 radical (unpaired) electrons. The zero-order valence-electron chi connectivity index (χ0n) is 16.0. The van der Waals surface area contributed by atoms with Gasteiger partial charge in [-0.05, 0) is 31.0 Å². The summed E-state index contributed by atoms with van der Waals surface area (Å²) in [5, 5.41) is 15.3. The van der Waals surface area contributed by atoms with Gasteiger partial charge >= 0.3 is 0 Å². The maximum absolute atomic E-state index is 13.9. The lowest BCUT2D eigenvalue weighted by Gasteiger charge is -2.34. The molecule has 1 aliphatic rings. The van der Waals surface area contributed by atoms with Crippen LogP contribution in [0.4, 0.5) is 4.39 Å². The minimum atomic E-state index is -0.354. The van der Waals surface area contributed by atoms with Crippen LogP contribution in [0.5, 0.6) is 0 Å². The predicted octanol–water partition coefficient (Wildman–Crippen LogP) is 2.63. The van der Waals surface area contributed by atoms with Gasteiger partial charge in [0, 0.05) is 44.2 Å². The molecule has 0 atom stereocenters. The first-order valence-corrected chi connectivity index (χ1v) is 8.89. The smallest absolute Gasteiger partial charge is 0.225 e. The van der Waals surface area contributed by atoms with E-state index in [0.29, 0.717) is 17.1 Å². The molecule has 8 heteroatoms. The summed E-state index contributed by atoms with van der Waals surface area (Å²) in [7, 11) is 1.66. The van der Waals surface area contributed by atoms with Crippen LogP contribution >= 0.6 is 24.0 Å². The van der Waals surface area contributed by atoms with Crippen molar-refractivity contribution in [1.29, 1.82) is 5.26 Å². The number of nitrogens with one attached hydrogen (secondary N) is 2. The Morgan fingerprint density at radius 2 is 2.07 bits per heavy atom. The van der Waals surface area contributed by atoms with E-state index in [9.17, 15) is 9.18 Å². The molecule has 2 N–H and O–H groups in total. The molecule has 1 heterocycles. The Bertz CT molecular complexity index is 709. The van der Waals surface area contributed by atoms with Crippen LogP contribution in [0.1, 0.15) is 37.8 Å². The van der Waals surface area contributed by atoms with Crippen molar-refractivity contribution < 1.29 is 9.18 Å². The number of hydrogen-bond acceptors (Lipinski definition) is 3. The lowest BCUT2D eigenvalue weighted by molar-refractivity contribution is -0.135. The standard InChI is InChI=1S/C19H26FN5O.HI/c1-13(2)18(26)25-8-6-16(7-9-25)24-19(22-3)23-12-15-10-14(11-21)4-5-17(15)20;/h4-5,10,13,16H,6-9,12H2,1-3H3,(H2,22,23,24);1H. The number of aliphatic imine (C=N–C) groups is 1. The second-order valence-electron chi connectivity index (χ2n) is 6.74. The van der Waals surface area contributed by atoms with Crippen LogP contribution in [0.2, 0.25) is 0 Å². The number of nitriles is 1. The lowest BCUT2D eigenvalue weighted by atomic mass is 10.0. The summed E-state index contributed by atoms with van der Waals surface area (Å²) in [6, 6.07) is 6.51. The highest BCUT2D eigenvalue weighted by Crippen LogP contribution is 2.13. The molecule has 1 aliphatic heterocycles. The second-order valence-corrected chi connectivity index (χ2v) is 6.74. The van der Waals surface area contributed by atoms with Gasteiger partial charge in [-0.2, -0.15) is 5.26 Å². The third-order valence-corrected chi connectivity index (χ3v) is 4.49. The van der Waals surface area contributed by atoms with Gasteiger partial charge in [-0.15, -0.1) is 24.0 Å². The van der Waals surface area contributed by atoms with Crippen molar-refractivity contribution in [2.75, 3.05) is 20.1 Å². The highest BCUT2D eigenvalue weighted by molar-refractivity contribution is 14.0. The molecule has 0 aromatic heterocycles. The Kier molecular flexibility index (Phi) is 9.49. The van der Waals surface area contributed by atoms with Gasteiger partial charge in [-0.25, -0.2) is 4.39 Å². The average Bonchev–Trinajstić information content (AvgIpc) is 2.66. The molecule has 0 bridgehead atoms. The molecule has 1 aromatic carbocycles. The molecule has 1 saturated heterocycles.